The maximum atomic E-state index is 13.1. The van der Waals surface area contributed by atoms with E-state index in [0.29, 0.717) is 25.8 Å². The second-order valence-corrected chi connectivity index (χ2v) is 7.48. The highest BCUT2D eigenvalue weighted by Gasteiger charge is 2.47. The quantitative estimate of drug-likeness (QED) is 0.278. The number of aromatic nitrogens is 2. The fourth-order valence-electron chi connectivity index (χ4n) is 2.49. The number of hydrogen-bond acceptors (Lipinski definition) is 7. The van der Waals surface area contributed by atoms with Crippen molar-refractivity contribution in [2.45, 2.75) is 44.1 Å². The van der Waals surface area contributed by atoms with Crippen LogP contribution in [0.15, 0.2) is 4.79 Å². The van der Waals surface area contributed by atoms with Gasteiger partial charge in [-0.15, -0.1) is 0 Å². The lowest BCUT2D eigenvalue weighted by molar-refractivity contribution is 0.0477. The second-order valence-electron chi connectivity index (χ2n) is 5.74. The molecular weight excluding hydrogens is 363 g/mol. The molecule has 0 saturated carbocycles. The first-order valence-electron chi connectivity index (χ1n) is 7.57. The summed E-state index contributed by atoms with van der Waals surface area (Å²) >= 11 is 0. The van der Waals surface area contributed by atoms with Gasteiger partial charge in [0.15, 0.2) is 5.82 Å². The summed E-state index contributed by atoms with van der Waals surface area (Å²) in [5.74, 6) is 0.117. The van der Waals surface area contributed by atoms with Gasteiger partial charge in [0.2, 0.25) is 12.3 Å². The average Bonchev–Trinajstić information content (AvgIpc) is 2.78. The van der Waals surface area contributed by atoms with Gasteiger partial charge in [0.05, 0.1) is 0 Å². The van der Waals surface area contributed by atoms with Gasteiger partial charge >= 0.3 is 13.3 Å². The lowest BCUT2D eigenvalue weighted by Crippen LogP contribution is -2.36. The first kappa shape index (κ1) is 19.6. The van der Waals surface area contributed by atoms with E-state index < -0.39 is 31.6 Å². The minimum Gasteiger partial charge on any atom is -0.369 e. The number of hydrogen-bond donors (Lipinski definition) is 6. The van der Waals surface area contributed by atoms with Crippen LogP contribution >= 0.6 is 7.60 Å². The number of aliphatic hydroxyl groups excluding tert-OH is 1. The molecule has 0 amide bonds. The molecule has 10 nitrogen and oxygen atoms in total. The predicted molar refractivity (Wildman–Crippen MR) is 86.3 cm³/mol. The van der Waals surface area contributed by atoms with Crippen molar-refractivity contribution in [2.75, 3.05) is 22.5 Å². The van der Waals surface area contributed by atoms with Crippen LogP contribution in [0, 0.1) is 0 Å². The van der Waals surface area contributed by atoms with Gasteiger partial charge in [-0.3, -0.25) is 14.3 Å². The molecule has 1 aliphatic rings. The number of anilines is 3. The first-order valence-corrected chi connectivity index (χ1v) is 9.18. The molecule has 0 radical (unpaired) electrons. The maximum Gasteiger partial charge on any atom is 0.394 e. The SMILES string of the molecule is Nc1nc2c(c(=O)[nH]1)NC(O)N2CCCCCCC(F)(F)P(=O)(O)O. The molecule has 0 spiro atoms. The van der Waals surface area contributed by atoms with Crippen LogP contribution in [0.2, 0.25) is 0 Å². The molecule has 1 aliphatic heterocycles. The van der Waals surface area contributed by atoms with E-state index in [0.717, 1.165) is 0 Å². The minimum absolute atomic E-state index is 0.0413. The van der Waals surface area contributed by atoms with Gasteiger partial charge in [-0.1, -0.05) is 12.8 Å². The largest absolute Gasteiger partial charge is 0.394 e. The summed E-state index contributed by atoms with van der Waals surface area (Å²) in [7, 11) is -5.43. The summed E-state index contributed by atoms with van der Waals surface area (Å²) in [5, 5.41) is 12.5. The first-order chi connectivity index (χ1) is 11.5. The van der Waals surface area contributed by atoms with Gasteiger partial charge in [-0.05, 0) is 12.8 Å². The molecular formula is C12H20F2N5O5P. The number of fused-ring (bicyclic) bond motifs is 1. The van der Waals surface area contributed by atoms with Crippen molar-refractivity contribution >= 4 is 25.0 Å². The van der Waals surface area contributed by atoms with E-state index in [9.17, 15) is 23.2 Å². The molecule has 2 rings (SSSR count). The van der Waals surface area contributed by atoms with E-state index in [4.69, 9.17) is 15.5 Å². The Balaban J connectivity index is 1.80. The van der Waals surface area contributed by atoms with Gasteiger partial charge in [0.1, 0.15) is 5.69 Å². The van der Waals surface area contributed by atoms with Crippen LogP contribution in [0.1, 0.15) is 32.1 Å². The Morgan fingerprint density at radius 2 is 1.92 bits per heavy atom. The highest BCUT2D eigenvalue weighted by Crippen LogP contribution is 2.55. The normalized spacial score (nSPS) is 17.5. The van der Waals surface area contributed by atoms with Crippen LogP contribution in [-0.4, -0.2) is 43.4 Å². The fraction of sp³-hybridized carbons (Fsp3) is 0.667. The number of rotatable bonds is 8. The number of H-pyrrole nitrogens is 1. The third kappa shape index (κ3) is 4.46. The molecule has 25 heavy (non-hydrogen) atoms. The Bertz CT molecular complexity index is 724. The van der Waals surface area contributed by atoms with E-state index in [2.05, 4.69) is 15.3 Å². The molecule has 0 aromatic carbocycles. The molecule has 13 heteroatoms. The molecule has 142 valence electrons. The summed E-state index contributed by atoms with van der Waals surface area (Å²) < 4.78 is 36.8. The lowest BCUT2D eigenvalue weighted by atomic mass is 10.1. The van der Waals surface area contributed by atoms with Crippen molar-refractivity contribution in [3.63, 3.8) is 0 Å². The minimum atomic E-state index is -5.43. The Kier molecular flexibility index (Phi) is 5.67. The zero-order valence-electron chi connectivity index (χ0n) is 13.2. The van der Waals surface area contributed by atoms with Crippen LogP contribution < -0.4 is 21.5 Å². The van der Waals surface area contributed by atoms with E-state index in [1.165, 1.54) is 4.90 Å². The van der Waals surface area contributed by atoms with Crippen molar-refractivity contribution in [3.05, 3.63) is 10.4 Å². The number of nitrogens with one attached hydrogen (secondary N) is 2. The predicted octanol–water partition coefficient (Wildman–Crippen LogP) is 0.581. The zero-order valence-corrected chi connectivity index (χ0v) is 14.0. The van der Waals surface area contributed by atoms with Crippen LogP contribution in [0.4, 0.5) is 26.2 Å². The number of halogens is 2. The third-order valence-electron chi connectivity index (χ3n) is 3.81. The second kappa shape index (κ2) is 7.24. The van der Waals surface area contributed by atoms with Crippen LogP contribution in [0.25, 0.3) is 0 Å². The summed E-state index contributed by atoms with van der Waals surface area (Å²) in [4.78, 5) is 36.4. The zero-order chi connectivity index (χ0) is 18.8. The molecule has 0 fully saturated rings. The van der Waals surface area contributed by atoms with Crippen molar-refractivity contribution < 1.29 is 28.2 Å². The van der Waals surface area contributed by atoms with E-state index >= 15 is 0 Å². The Hall–Kier alpha value is -1.75. The number of aliphatic hydroxyl groups is 1. The van der Waals surface area contributed by atoms with E-state index in [1.807, 2.05) is 0 Å². The van der Waals surface area contributed by atoms with Crippen LogP contribution in [-0.2, 0) is 4.57 Å². The number of unbranched alkanes of at least 4 members (excludes halogenated alkanes) is 3. The fourth-order valence-corrected chi connectivity index (χ4v) is 2.94. The molecule has 1 aromatic rings. The maximum absolute atomic E-state index is 13.1. The summed E-state index contributed by atoms with van der Waals surface area (Å²) in [6, 6.07) is 0. The molecule has 1 unspecified atom stereocenters. The number of nitrogen functional groups attached to an aromatic ring is 1. The molecule has 1 aromatic heterocycles. The molecule has 0 saturated heterocycles. The van der Waals surface area contributed by atoms with Crippen molar-refractivity contribution in [3.8, 4) is 0 Å². The van der Waals surface area contributed by atoms with Crippen LogP contribution in [0.3, 0.4) is 0 Å². The number of alkyl halides is 2. The van der Waals surface area contributed by atoms with Gasteiger partial charge in [-0.25, -0.2) is 0 Å². The van der Waals surface area contributed by atoms with Gasteiger partial charge in [0.25, 0.3) is 5.56 Å². The van der Waals surface area contributed by atoms with E-state index in [1.54, 1.807) is 0 Å². The summed E-state index contributed by atoms with van der Waals surface area (Å²) in [6.07, 6.45) is -0.751. The number of nitrogens with two attached hydrogens (primary N) is 1. The number of nitrogens with zero attached hydrogens (tertiary/aromatic N) is 2. The van der Waals surface area contributed by atoms with Crippen molar-refractivity contribution in [1.29, 1.82) is 0 Å². The molecule has 7 N–H and O–H groups in total. The molecule has 0 aliphatic carbocycles. The Morgan fingerprint density at radius 3 is 2.56 bits per heavy atom. The lowest BCUT2D eigenvalue weighted by Gasteiger charge is -2.21. The van der Waals surface area contributed by atoms with Crippen LogP contribution in [0.5, 0.6) is 0 Å². The van der Waals surface area contributed by atoms with Gasteiger partial charge in [0, 0.05) is 13.0 Å². The molecule has 0 bridgehead atoms. The summed E-state index contributed by atoms with van der Waals surface area (Å²) in [5.41, 5.74) is 1.05. The van der Waals surface area contributed by atoms with Gasteiger partial charge < -0.3 is 30.8 Å². The van der Waals surface area contributed by atoms with E-state index in [-0.39, 0.29) is 23.9 Å². The third-order valence-corrected chi connectivity index (χ3v) is 4.89. The molecule has 1 atom stereocenters. The number of aromatic amines is 1. The Labute approximate surface area is 141 Å². The molecule has 2 heterocycles. The highest BCUT2D eigenvalue weighted by molar-refractivity contribution is 7.53. The smallest absolute Gasteiger partial charge is 0.369 e. The average molecular weight is 383 g/mol. The topological polar surface area (TPSA) is 165 Å². The van der Waals surface area contributed by atoms with Gasteiger partial charge in [-0.2, -0.15) is 13.8 Å². The Morgan fingerprint density at radius 1 is 1.28 bits per heavy atom. The monoisotopic (exact) mass is 383 g/mol. The van der Waals surface area contributed by atoms with Crippen molar-refractivity contribution in [2.24, 2.45) is 0 Å². The summed E-state index contributed by atoms with van der Waals surface area (Å²) in [6.45, 7) is 0.298. The van der Waals surface area contributed by atoms with Crippen molar-refractivity contribution in [1.82, 2.24) is 9.97 Å². The highest BCUT2D eigenvalue weighted by atomic mass is 31.2. The standard InChI is InChI=1S/C12H20F2N5O5P/c13-12(14,25(22,23)24)5-3-1-2-4-6-19-8-7(16-11(19)21)9(20)18-10(15)17-8/h11,16,21H,1-6H2,(H2,22,23,24)(H3,15,17,18,20).